The molecule has 0 aliphatic carbocycles. The molecule has 0 aliphatic rings. The molecule has 0 aromatic rings. The number of Topliss-reactive ketones (excluding diaryl/α,β-unsaturated/α-hetero) is 1. The van der Waals surface area contributed by atoms with Crippen LogP contribution in [0.5, 0.6) is 0 Å². The monoisotopic (exact) mass is 129 g/mol. The number of nitrogens with zero attached hydrogens (tertiary/aromatic N) is 1. The number of carbonyl (C=O) groups is 1. The maximum atomic E-state index is 10.5. The fraction of sp³-hybridized carbons (Fsp3) is 0.667. The fourth-order valence-corrected chi connectivity index (χ4v) is 0.533. The summed E-state index contributed by atoms with van der Waals surface area (Å²) in [4.78, 5) is 10.5. The van der Waals surface area contributed by atoms with Crippen LogP contribution in [0, 0.1) is 0 Å². The van der Waals surface area contributed by atoms with Crippen LogP contribution in [0.3, 0.4) is 0 Å². The van der Waals surface area contributed by atoms with Crippen molar-refractivity contribution in [3.63, 3.8) is 0 Å². The largest absolute Gasteiger partial charge is 0.411 e. The molecule has 3 nitrogen and oxygen atoms in total. The molecule has 0 bridgehead atoms. The summed E-state index contributed by atoms with van der Waals surface area (Å²) in [6.45, 7) is 3.32. The van der Waals surface area contributed by atoms with E-state index >= 15 is 0 Å². The molecule has 3 heteroatoms. The number of rotatable bonds is 3. The lowest BCUT2D eigenvalue weighted by Gasteiger charge is -1.93. The number of carbonyl (C=O) groups excluding carboxylic acids is 1. The van der Waals surface area contributed by atoms with Gasteiger partial charge in [0.2, 0.25) is 0 Å². The Labute approximate surface area is 54.4 Å². The molecule has 0 radical (unpaired) electrons. The standard InChI is InChI=1S/C6H11NO2/c1-3-4-6(7-9)5(2)8/h9H,3-4H2,1-2H3. The van der Waals surface area contributed by atoms with Crippen LogP contribution in [0.25, 0.3) is 0 Å². The lowest BCUT2D eigenvalue weighted by molar-refractivity contribution is -0.111. The van der Waals surface area contributed by atoms with Gasteiger partial charge in [0.05, 0.1) is 0 Å². The molecule has 0 aromatic carbocycles. The van der Waals surface area contributed by atoms with Gasteiger partial charge in [-0.05, 0) is 6.42 Å². The van der Waals surface area contributed by atoms with Gasteiger partial charge in [-0.3, -0.25) is 4.79 Å². The smallest absolute Gasteiger partial charge is 0.177 e. The highest BCUT2D eigenvalue weighted by atomic mass is 16.4. The van der Waals surface area contributed by atoms with Gasteiger partial charge >= 0.3 is 0 Å². The topological polar surface area (TPSA) is 49.7 Å². The van der Waals surface area contributed by atoms with Crippen molar-refractivity contribution >= 4 is 11.5 Å². The molecule has 0 heterocycles. The summed E-state index contributed by atoms with van der Waals surface area (Å²) in [6.07, 6.45) is 1.39. The minimum atomic E-state index is -0.153. The summed E-state index contributed by atoms with van der Waals surface area (Å²) in [5.74, 6) is -0.153. The second kappa shape index (κ2) is 4.06. The summed E-state index contributed by atoms with van der Waals surface area (Å²) in [5.41, 5.74) is 0.262. The fourth-order valence-electron chi connectivity index (χ4n) is 0.533. The third-order valence-electron chi connectivity index (χ3n) is 1.01. The molecule has 0 aromatic heterocycles. The van der Waals surface area contributed by atoms with Crippen molar-refractivity contribution in [3.8, 4) is 0 Å². The predicted molar refractivity (Wildman–Crippen MR) is 34.8 cm³/mol. The van der Waals surface area contributed by atoms with Crippen LogP contribution in [0.1, 0.15) is 26.7 Å². The van der Waals surface area contributed by atoms with Gasteiger partial charge in [-0.25, -0.2) is 0 Å². The highest BCUT2D eigenvalue weighted by Crippen LogP contribution is 1.91. The zero-order valence-electron chi connectivity index (χ0n) is 5.72. The number of oxime groups is 1. The van der Waals surface area contributed by atoms with E-state index in [-0.39, 0.29) is 11.5 Å². The van der Waals surface area contributed by atoms with Gasteiger partial charge in [0, 0.05) is 6.92 Å². The van der Waals surface area contributed by atoms with Crippen molar-refractivity contribution in [3.05, 3.63) is 0 Å². The molecule has 0 fully saturated rings. The van der Waals surface area contributed by atoms with E-state index in [1.54, 1.807) is 0 Å². The maximum Gasteiger partial charge on any atom is 0.177 e. The van der Waals surface area contributed by atoms with E-state index in [1.165, 1.54) is 6.92 Å². The van der Waals surface area contributed by atoms with E-state index in [2.05, 4.69) is 5.16 Å². The minimum absolute atomic E-state index is 0.153. The van der Waals surface area contributed by atoms with E-state index < -0.39 is 0 Å². The Bertz CT molecular complexity index is 129. The number of hydrogen-bond acceptors (Lipinski definition) is 3. The SMILES string of the molecule is CCCC(=NO)C(C)=O. The Hall–Kier alpha value is -0.860. The van der Waals surface area contributed by atoms with Crippen molar-refractivity contribution in [2.24, 2.45) is 5.16 Å². The number of hydrogen-bond donors (Lipinski definition) is 1. The zero-order chi connectivity index (χ0) is 7.28. The summed E-state index contributed by atoms with van der Waals surface area (Å²) in [7, 11) is 0. The summed E-state index contributed by atoms with van der Waals surface area (Å²) < 4.78 is 0. The molecule has 0 saturated heterocycles. The third kappa shape index (κ3) is 2.85. The molecule has 1 N–H and O–H groups in total. The lowest BCUT2D eigenvalue weighted by Crippen LogP contribution is -2.08. The lowest BCUT2D eigenvalue weighted by atomic mass is 10.2. The van der Waals surface area contributed by atoms with Crippen LogP contribution in [0.2, 0.25) is 0 Å². The maximum absolute atomic E-state index is 10.5. The highest BCUT2D eigenvalue weighted by molar-refractivity contribution is 6.38. The summed E-state index contributed by atoms with van der Waals surface area (Å²) in [6, 6.07) is 0. The zero-order valence-corrected chi connectivity index (χ0v) is 5.72. The van der Waals surface area contributed by atoms with Crippen LogP contribution in [-0.2, 0) is 4.79 Å². The molecule has 52 valence electrons. The van der Waals surface area contributed by atoms with E-state index in [9.17, 15) is 4.79 Å². The molecule has 0 unspecified atom stereocenters. The van der Waals surface area contributed by atoms with E-state index in [0.29, 0.717) is 6.42 Å². The van der Waals surface area contributed by atoms with Crippen molar-refractivity contribution in [2.45, 2.75) is 26.7 Å². The number of ketones is 1. The minimum Gasteiger partial charge on any atom is -0.411 e. The van der Waals surface area contributed by atoms with Gasteiger partial charge in [0.15, 0.2) is 5.78 Å². The molecular formula is C6H11NO2. The molecule has 0 amide bonds. The Morgan fingerprint density at radius 3 is 2.33 bits per heavy atom. The van der Waals surface area contributed by atoms with Crippen molar-refractivity contribution < 1.29 is 10.0 Å². The van der Waals surface area contributed by atoms with Gasteiger partial charge in [0.1, 0.15) is 5.71 Å². The second-order valence-corrected chi connectivity index (χ2v) is 1.85. The molecule has 0 rings (SSSR count). The Balaban J connectivity index is 3.85. The van der Waals surface area contributed by atoms with Crippen molar-refractivity contribution in [1.82, 2.24) is 0 Å². The molecular weight excluding hydrogens is 118 g/mol. The van der Waals surface area contributed by atoms with E-state index in [0.717, 1.165) is 6.42 Å². The normalized spacial score (nSPS) is 11.6. The van der Waals surface area contributed by atoms with Crippen LogP contribution < -0.4 is 0 Å². The van der Waals surface area contributed by atoms with Crippen molar-refractivity contribution in [1.29, 1.82) is 0 Å². The molecule has 0 spiro atoms. The van der Waals surface area contributed by atoms with Crippen LogP contribution >= 0.6 is 0 Å². The van der Waals surface area contributed by atoms with Crippen LogP contribution in [0.4, 0.5) is 0 Å². The summed E-state index contributed by atoms with van der Waals surface area (Å²) in [5, 5.41) is 11.0. The first-order valence-corrected chi connectivity index (χ1v) is 2.94. The van der Waals surface area contributed by atoms with Gasteiger partial charge in [-0.15, -0.1) is 0 Å². The van der Waals surface area contributed by atoms with Crippen LogP contribution in [-0.4, -0.2) is 16.7 Å². The van der Waals surface area contributed by atoms with E-state index in [4.69, 9.17) is 5.21 Å². The Kier molecular flexibility index (Phi) is 3.67. The van der Waals surface area contributed by atoms with Crippen LogP contribution in [0.15, 0.2) is 5.16 Å². The Morgan fingerprint density at radius 1 is 1.67 bits per heavy atom. The second-order valence-electron chi connectivity index (χ2n) is 1.85. The molecule has 0 atom stereocenters. The quantitative estimate of drug-likeness (QED) is 0.353. The summed E-state index contributed by atoms with van der Waals surface area (Å²) >= 11 is 0. The molecule has 0 saturated carbocycles. The van der Waals surface area contributed by atoms with Gasteiger partial charge < -0.3 is 5.21 Å². The average molecular weight is 129 g/mol. The first-order chi connectivity index (χ1) is 4.22. The van der Waals surface area contributed by atoms with E-state index in [1.807, 2.05) is 6.92 Å². The predicted octanol–water partition coefficient (Wildman–Crippen LogP) is 1.21. The third-order valence-corrected chi connectivity index (χ3v) is 1.01. The van der Waals surface area contributed by atoms with Gasteiger partial charge in [-0.1, -0.05) is 18.5 Å². The average Bonchev–Trinajstić information content (AvgIpc) is 1.82. The molecule has 9 heavy (non-hydrogen) atoms. The first-order valence-electron chi connectivity index (χ1n) is 2.94. The highest BCUT2D eigenvalue weighted by Gasteiger charge is 2.02. The van der Waals surface area contributed by atoms with Gasteiger partial charge in [0.25, 0.3) is 0 Å². The van der Waals surface area contributed by atoms with Gasteiger partial charge in [-0.2, -0.15) is 0 Å². The molecule has 0 aliphatic heterocycles. The van der Waals surface area contributed by atoms with Crippen molar-refractivity contribution in [2.75, 3.05) is 0 Å². The Morgan fingerprint density at radius 2 is 2.22 bits per heavy atom. The first kappa shape index (κ1) is 8.14.